The van der Waals surface area contributed by atoms with E-state index < -0.39 is 30.2 Å². The highest BCUT2D eigenvalue weighted by molar-refractivity contribution is 5.70. The Labute approximate surface area is 106 Å². The van der Waals surface area contributed by atoms with E-state index in [0.29, 0.717) is 10.4 Å². The molecule has 1 aromatic rings. The standard InChI is InChI=1S/C10H12F3N3O3/c1-15(2)6-3-8(17)16(14-4-6)5-7(9(18)19)10(11,12)13/h3-4,7H,5H2,1-2H3,(H,18,19). The van der Waals surface area contributed by atoms with Crippen molar-refractivity contribution in [2.45, 2.75) is 12.7 Å². The maximum Gasteiger partial charge on any atom is 0.404 e. The second-order valence-electron chi connectivity index (χ2n) is 4.06. The highest BCUT2D eigenvalue weighted by atomic mass is 19.4. The third kappa shape index (κ3) is 3.70. The zero-order valence-corrected chi connectivity index (χ0v) is 10.2. The van der Waals surface area contributed by atoms with Crippen LogP contribution in [0, 0.1) is 5.92 Å². The third-order valence-electron chi connectivity index (χ3n) is 2.42. The number of carboxylic acids is 1. The van der Waals surface area contributed by atoms with E-state index in [1.165, 1.54) is 6.20 Å². The fourth-order valence-corrected chi connectivity index (χ4v) is 1.30. The van der Waals surface area contributed by atoms with E-state index >= 15 is 0 Å². The fraction of sp³-hybridized carbons (Fsp3) is 0.500. The third-order valence-corrected chi connectivity index (χ3v) is 2.42. The van der Waals surface area contributed by atoms with Crippen molar-refractivity contribution < 1.29 is 23.1 Å². The van der Waals surface area contributed by atoms with E-state index in [1.54, 1.807) is 19.0 Å². The van der Waals surface area contributed by atoms with Gasteiger partial charge in [0.2, 0.25) is 0 Å². The molecular formula is C10H12F3N3O3. The van der Waals surface area contributed by atoms with Crippen LogP contribution in [0.2, 0.25) is 0 Å². The SMILES string of the molecule is CN(C)c1cnn(CC(C(=O)O)C(F)(F)F)c(=O)c1. The van der Waals surface area contributed by atoms with Crippen LogP contribution in [0.4, 0.5) is 18.9 Å². The Hall–Kier alpha value is -2.06. The average molecular weight is 279 g/mol. The van der Waals surface area contributed by atoms with Crippen molar-refractivity contribution in [3.63, 3.8) is 0 Å². The molecule has 0 saturated carbocycles. The Balaban J connectivity index is 3.05. The number of carbonyl (C=O) groups is 1. The molecule has 1 aromatic heterocycles. The highest BCUT2D eigenvalue weighted by Crippen LogP contribution is 2.27. The van der Waals surface area contributed by atoms with Gasteiger partial charge in [-0.15, -0.1) is 0 Å². The van der Waals surface area contributed by atoms with Gasteiger partial charge in [0.1, 0.15) is 0 Å². The van der Waals surface area contributed by atoms with E-state index in [-0.39, 0.29) is 0 Å². The molecule has 1 heterocycles. The Bertz CT molecular complexity index is 525. The molecule has 0 bridgehead atoms. The molecule has 0 aromatic carbocycles. The molecule has 1 unspecified atom stereocenters. The lowest BCUT2D eigenvalue weighted by Gasteiger charge is -2.17. The maximum absolute atomic E-state index is 12.5. The summed E-state index contributed by atoms with van der Waals surface area (Å²) in [7, 11) is 3.27. The molecule has 0 radical (unpaired) electrons. The number of hydrogen-bond acceptors (Lipinski definition) is 4. The minimum atomic E-state index is -4.94. The van der Waals surface area contributed by atoms with E-state index in [2.05, 4.69) is 5.10 Å². The Morgan fingerprint density at radius 1 is 1.53 bits per heavy atom. The lowest BCUT2D eigenvalue weighted by Crippen LogP contribution is -2.38. The minimum Gasteiger partial charge on any atom is -0.481 e. The molecule has 0 saturated heterocycles. The molecule has 6 nitrogen and oxygen atoms in total. The van der Waals surface area contributed by atoms with E-state index in [1.807, 2.05) is 0 Å². The molecule has 106 valence electrons. The van der Waals surface area contributed by atoms with E-state index in [9.17, 15) is 22.8 Å². The summed E-state index contributed by atoms with van der Waals surface area (Å²) in [5.74, 6) is -4.71. The maximum atomic E-state index is 12.5. The van der Waals surface area contributed by atoms with Crippen molar-refractivity contribution in [3.8, 4) is 0 Å². The van der Waals surface area contributed by atoms with Crippen LogP contribution in [0.3, 0.4) is 0 Å². The molecule has 0 aliphatic rings. The predicted molar refractivity (Wildman–Crippen MR) is 60.0 cm³/mol. The summed E-state index contributed by atoms with van der Waals surface area (Å²) in [5.41, 5.74) is -0.373. The first-order valence-electron chi connectivity index (χ1n) is 5.17. The van der Waals surface area contributed by atoms with Gasteiger partial charge < -0.3 is 10.0 Å². The van der Waals surface area contributed by atoms with Crippen molar-refractivity contribution in [1.29, 1.82) is 0 Å². The van der Waals surface area contributed by atoms with Gasteiger partial charge in [0.05, 0.1) is 18.4 Å². The number of rotatable bonds is 4. The zero-order valence-electron chi connectivity index (χ0n) is 10.2. The van der Waals surface area contributed by atoms with Crippen molar-refractivity contribution in [2.24, 2.45) is 5.92 Å². The van der Waals surface area contributed by atoms with Gasteiger partial charge in [-0.2, -0.15) is 18.3 Å². The van der Waals surface area contributed by atoms with Gasteiger partial charge in [-0.3, -0.25) is 9.59 Å². The topological polar surface area (TPSA) is 75.4 Å². The van der Waals surface area contributed by atoms with Gasteiger partial charge in [0, 0.05) is 20.2 Å². The normalized spacial score (nSPS) is 13.1. The highest BCUT2D eigenvalue weighted by Gasteiger charge is 2.45. The van der Waals surface area contributed by atoms with Gasteiger partial charge in [-0.1, -0.05) is 0 Å². The molecule has 9 heteroatoms. The summed E-state index contributed by atoms with van der Waals surface area (Å²) in [4.78, 5) is 23.7. The second kappa shape index (κ2) is 5.29. The summed E-state index contributed by atoms with van der Waals surface area (Å²) in [5, 5.41) is 12.1. The summed E-state index contributed by atoms with van der Waals surface area (Å²) >= 11 is 0. The average Bonchev–Trinajstić information content (AvgIpc) is 2.24. The molecular weight excluding hydrogens is 267 g/mol. The Morgan fingerprint density at radius 3 is 2.47 bits per heavy atom. The quantitative estimate of drug-likeness (QED) is 0.872. The molecule has 0 spiro atoms. The lowest BCUT2D eigenvalue weighted by molar-refractivity contribution is -0.196. The smallest absolute Gasteiger partial charge is 0.404 e. The number of carboxylic acid groups (broad SMARTS) is 1. The summed E-state index contributed by atoms with van der Waals surface area (Å²) in [6.07, 6.45) is -3.75. The first-order chi connectivity index (χ1) is 8.62. The van der Waals surface area contributed by atoms with Crippen molar-refractivity contribution in [3.05, 3.63) is 22.6 Å². The minimum absolute atomic E-state index is 0.417. The number of nitrogens with zero attached hydrogens (tertiary/aromatic N) is 3. The number of aromatic nitrogens is 2. The first kappa shape index (κ1) is 15.0. The number of aliphatic carboxylic acids is 1. The molecule has 1 N–H and O–H groups in total. The molecule has 0 amide bonds. The van der Waals surface area contributed by atoms with Crippen LogP contribution in [0.15, 0.2) is 17.1 Å². The van der Waals surface area contributed by atoms with E-state index in [4.69, 9.17) is 5.11 Å². The summed E-state index contributed by atoms with van der Waals surface area (Å²) in [6.45, 7) is -1.05. The van der Waals surface area contributed by atoms with Crippen molar-refractivity contribution in [1.82, 2.24) is 9.78 Å². The van der Waals surface area contributed by atoms with Gasteiger partial charge in [0.15, 0.2) is 5.92 Å². The molecule has 0 fully saturated rings. The molecule has 1 atom stereocenters. The fourth-order valence-electron chi connectivity index (χ4n) is 1.30. The molecule has 19 heavy (non-hydrogen) atoms. The number of halogens is 3. The second-order valence-corrected chi connectivity index (χ2v) is 4.06. The summed E-state index contributed by atoms with van der Waals surface area (Å²) < 4.78 is 37.9. The summed E-state index contributed by atoms with van der Waals surface area (Å²) in [6, 6.07) is 1.09. The van der Waals surface area contributed by atoms with Gasteiger partial charge in [0.25, 0.3) is 5.56 Å². The number of hydrogen-bond donors (Lipinski definition) is 1. The molecule has 1 rings (SSSR count). The van der Waals surface area contributed by atoms with Crippen LogP contribution < -0.4 is 10.5 Å². The number of anilines is 1. The van der Waals surface area contributed by atoms with Crippen LogP contribution in [-0.4, -0.2) is 41.1 Å². The van der Waals surface area contributed by atoms with Crippen LogP contribution in [0.1, 0.15) is 0 Å². The van der Waals surface area contributed by atoms with Crippen LogP contribution in [-0.2, 0) is 11.3 Å². The predicted octanol–water partition coefficient (Wildman–Crippen LogP) is 0.572. The number of alkyl halides is 3. The monoisotopic (exact) mass is 279 g/mol. The van der Waals surface area contributed by atoms with Crippen molar-refractivity contribution >= 4 is 11.7 Å². The Morgan fingerprint density at radius 2 is 2.11 bits per heavy atom. The first-order valence-corrected chi connectivity index (χ1v) is 5.17. The molecule has 0 aliphatic carbocycles. The van der Waals surface area contributed by atoms with E-state index in [0.717, 1.165) is 6.07 Å². The lowest BCUT2D eigenvalue weighted by atomic mass is 10.1. The molecule has 0 aliphatic heterocycles. The van der Waals surface area contributed by atoms with Crippen molar-refractivity contribution in [2.75, 3.05) is 19.0 Å². The van der Waals surface area contributed by atoms with Gasteiger partial charge >= 0.3 is 12.1 Å². The van der Waals surface area contributed by atoms with Crippen LogP contribution in [0.5, 0.6) is 0 Å². The van der Waals surface area contributed by atoms with Crippen LogP contribution in [0.25, 0.3) is 0 Å². The zero-order chi connectivity index (χ0) is 14.8. The largest absolute Gasteiger partial charge is 0.481 e. The van der Waals surface area contributed by atoms with Crippen LogP contribution >= 0.6 is 0 Å². The van der Waals surface area contributed by atoms with Gasteiger partial charge in [-0.25, -0.2) is 4.68 Å². The van der Waals surface area contributed by atoms with Gasteiger partial charge in [-0.05, 0) is 0 Å². The Kier molecular flexibility index (Phi) is 4.17.